The summed E-state index contributed by atoms with van der Waals surface area (Å²) in [5.41, 5.74) is 7.10. The Morgan fingerprint density at radius 3 is 2.91 bits per heavy atom. The number of imidazole rings is 2. The molecule has 0 aliphatic heterocycles. The summed E-state index contributed by atoms with van der Waals surface area (Å²) in [6, 6.07) is 0. The van der Waals surface area contributed by atoms with Crippen LogP contribution >= 0.6 is 0 Å². The van der Waals surface area contributed by atoms with Crippen LogP contribution < -0.4 is 5.73 Å². The number of nitrogens with zero attached hydrogens (tertiary/aromatic N) is 5. The molecule has 3 aromatic heterocycles. The number of aromatic nitrogens is 6. The van der Waals surface area contributed by atoms with Crippen molar-refractivity contribution >= 4 is 17.0 Å². The molecule has 0 spiro atoms. The van der Waals surface area contributed by atoms with E-state index in [0.717, 1.165) is 19.3 Å². The number of nitrogens with two attached hydrogens (primary N) is 1. The molecule has 112 valence electrons. The third kappa shape index (κ3) is 2.63. The van der Waals surface area contributed by atoms with Crippen molar-refractivity contribution in [3.8, 4) is 23.5 Å². The number of aryl methyl sites for hydroxylation is 1. The van der Waals surface area contributed by atoms with Crippen LogP contribution in [0.2, 0.25) is 0 Å². The standard InChI is InChI=1S/C15H17N7/c1-3-4-5-6-7-10-18-11-12(16)20-14(21-13(11)19-10)15-17-8-9-22(15)2/h8-9H,3-5H2,1-2H3,(H3,16,18,19,20,21). The fourth-order valence-electron chi connectivity index (χ4n) is 2.07. The van der Waals surface area contributed by atoms with Gasteiger partial charge in [0, 0.05) is 25.9 Å². The SMILES string of the molecule is CCCCC#Cc1nc2c(N)nc(-c3nccn3C)nc2[nH]1. The molecule has 3 N–H and O–H groups in total. The lowest BCUT2D eigenvalue weighted by atomic mass is 10.2. The Kier molecular flexibility index (Phi) is 3.74. The molecule has 0 atom stereocenters. The predicted octanol–water partition coefficient (Wildman–Crippen LogP) is 1.88. The molecule has 0 aliphatic rings. The number of anilines is 1. The summed E-state index contributed by atoms with van der Waals surface area (Å²) in [5, 5.41) is 0. The van der Waals surface area contributed by atoms with Crippen molar-refractivity contribution in [1.82, 2.24) is 29.5 Å². The molecule has 0 bridgehead atoms. The Hall–Kier alpha value is -2.88. The third-order valence-corrected chi connectivity index (χ3v) is 3.25. The molecule has 0 aliphatic carbocycles. The molecular weight excluding hydrogens is 278 g/mol. The van der Waals surface area contributed by atoms with E-state index >= 15 is 0 Å². The predicted molar refractivity (Wildman–Crippen MR) is 84.7 cm³/mol. The van der Waals surface area contributed by atoms with Crippen LogP contribution in [0.15, 0.2) is 12.4 Å². The first-order valence-corrected chi connectivity index (χ1v) is 7.19. The molecule has 0 saturated carbocycles. The minimum absolute atomic E-state index is 0.320. The van der Waals surface area contributed by atoms with E-state index in [2.05, 4.69) is 43.7 Å². The van der Waals surface area contributed by atoms with Crippen LogP contribution in [0, 0.1) is 11.8 Å². The van der Waals surface area contributed by atoms with E-state index in [1.807, 2.05) is 17.8 Å². The largest absolute Gasteiger partial charge is 0.382 e. The molecule has 22 heavy (non-hydrogen) atoms. The maximum absolute atomic E-state index is 5.98. The average molecular weight is 295 g/mol. The van der Waals surface area contributed by atoms with Gasteiger partial charge in [-0.2, -0.15) is 0 Å². The Bertz CT molecular complexity index is 863. The zero-order valence-corrected chi connectivity index (χ0v) is 12.6. The molecule has 3 aromatic rings. The minimum Gasteiger partial charge on any atom is -0.382 e. The molecule has 3 rings (SSSR count). The Morgan fingerprint density at radius 1 is 1.32 bits per heavy atom. The van der Waals surface area contributed by atoms with E-state index in [1.165, 1.54) is 0 Å². The van der Waals surface area contributed by atoms with E-state index in [0.29, 0.717) is 34.5 Å². The van der Waals surface area contributed by atoms with Crippen molar-refractivity contribution in [2.24, 2.45) is 7.05 Å². The highest BCUT2D eigenvalue weighted by Gasteiger charge is 2.13. The lowest BCUT2D eigenvalue weighted by molar-refractivity contribution is 0.828. The van der Waals surface area contributed by atoms with Crippen LogP contribution in [-0.4, -0.2) is 29.5 Å². The van der Waals surface area contributed by atoms with Crippen molar-refractivity contribution in [3.63, 3.8) is 0 Å². The number of fused-ring (bicyclic) bond motifs is 1. The average Bonchev–Trinajstić information content (AvgIpc) is 3.09. The van der Waals surface area contributed by atoms with Crippen LogP contribution in [0.5, 0.6) is 0 Å². The summed E-state index contributed by atoms with van der Waals surface area (Å²) >= 11 is 0. The summed E-state index contributed by atoms with van der Waals surface area (Å²) in [7, 11) is 1.88. The molecule has 7 heteroatoms. The van der Waals surface area contributed by atoms with Gasteiger partial charge in [-0.1, -0.05) is 19.3 Å². The van der Waals surface area contributed by atoms with E-state index in [-0.39, 0.29) is 0 Å². The highest BCUT2D eigenvalue weighted by atomic mass is 15.1. The molecule has 0 fully saturated rings. The second kappa shape index (κ2) is 5.85. The second-order valence-corrected chi connectivity index (χ2v) is 4.98. The number of nitrogens with one attached hydrogen (secondary N) is 1. The highest BCUT2D eigenvalue weighted by Crippen LogP contribution is 2.20. The number of rotatable bonds is 3. The molecule has 0 saturated heterocycles. The molecule has 0 unspecified atom stereocenters. The Morgan fingerprint density at radius 2 is 2.18 bits per heavy atom. The number of hydrogen-bond donors (Lipinski definition) is 2. The first-order valence-electron chi connectivity index (χ1n) is 7.19. The smallest absolute Gasteiger partial charge is 0.200 e. The number of aromatic amines is 1. The van der Waals surface area contributed by atoms with Crippen molar-refractivity contribution < 1.29 is 0 Å². The fraction of sp³-hybridized carbons (Fsp3) is 0.333. The van der Waals surface area contributed by atoms with E-state index < -0.39 is 0 Å². The highest BCUT2D eigenvalue weighted by molar-refractivity contribution is 5.83. The number of hydrogen-bond acceptors (Lipinski definition) is 5. The molecular formula is C15H17N7. The summed E-state index contributed by atoms with van der Waals surface area (Å²) in [4.78, 5) is 20.4. The van der Waals surface area contributed by atoms with Crippen LogP contribution in [0.4, 0.5) is 5.82 Å². The Balaban J connectivity index is 1.99. The van der Waals surface area contributed by atoms with Crippen molar-refractivity contribution in [2.45, 2.75) is 26.2 Å². The monoisotopic (exact) mass is 295 g/mol. The summed E-state index contributed by atoms with van der Waals surface area (Å²) in [6.07, 6.45) is 6.58. The first-order chi connectivity index (χ1) is 10.7. The summed E-state index contributed by atoms with van der Waals surface area (Å²) in [6.45, 7) is 2.14. The number of unbranched alkanes of at least 4 members (excludes halogenated alkanes) is 2. The van der Waals surface area contributed by atoms with Gasteiger partial charge in [0.25, 0.3) is 0 Å². The van der Waals surface area contributed by atoms with E-state index in [9.17, 15) is 0 Å². The lowest BCUT2D eigenvalue weighted by Gasteiger charge is -2.01. The van der Waals surface area contributed by atoms with Gasteiger partial charge in [-0.05, 0) is 12.3 Å². The van der Waals surface area contributed by atoms with Crippen molar-refractivity contribution in [3.05, 3.63) is 18.2 Å². The van der Waals surface area contributed by atoms with Gasteiger partial charge < -0.3 is 15.3 Å². The van der Waals surface area contributed by atoms with Gasteiger partial charge >= 0.3 is 0 Å². The van der Waals surface area contributed by atoms with Gasteiger partial charge in [0.2, 0.25) is 0 Å². The maximum atomic E-state index is 5.98. The van der Waals surface area contributed by atoms with E-state index in [4.69, 9.17) is 5.73 Å². The van der Waals surface area contributed by atoms with Gasteiger partial charge in [0.1, 0.15) is 0 Å². The number of H-pyrrole nitrogens is 1. The van der Waals surface area contributed by atoms with Crippen LogP contribution in [-0.2, 0) is 7.05 Å². The molecule has 0 radical (unpaired) electrons. The van der Waals surface area contributed by atoms with Crippen LogP contribution in [0.25, 0.3) is 22.8 Å². The Labute approximate surface area is 128 Å². The van der Waals surface area contributed by atoms with Gasteiger partial charge in [-0.3, -0.25) is 0 Å². The number of nitrogen functional groups attached to an aromatic ring is 1. The zero-order valence-electron chi connectivity index (χ0n) is 12.6. The maximum Gasteiger partial charge on any atom is 0.200 e. The zero-order chi connectivity index (χ0) is 15.5. The van der Waals surface area contributed by atoms with Crippen LogP contribution in [0.1, 0.15) is 32.0 Å². The first kappa shape index (κ1) is 14.1. The quantitative estimate of drug-likeness (QED) is 0.568. The molecule has 0 amide bonds. The van der Waals surface area contributed by atoms with Crippen LogP contribution in [0.3, 0.4) is 0 Å². The van der Waals surface area contributed by atoms with Gasteiger partial charge in [-0.25, -0.2) is 19.9 Å². The normalized spacial score (nSPS) is 10.6. The van der Waals surface area contributed by atoms with Gasteiger partial charge in [0.05, 0.1) is 0 Å². The minimum atomic E-state index is 0.320. The third-order valence-electron chi connectivity index (χ3n) is 3.25. The lowest BCUT2D eigenvalue weighted by Crippen LogP contribution is -2.01. The fourth-order valence-corrected chi connectivity index (χ4v) is 2.07. The summed E-state index contributed by atoms with van der Waals surface area (Å²) in [5.74, 6) is 8.08. The topological polar surface area (TPSA) is 98.3 Å². The molecule has 0 aromatic carbocycles. The molecule has 7 nitrogen and oxygen atoms in total. The van der Waals surface area contributed by atoms with Gasteiger partial charge in [0.15, 0.2) is 34.5 Å². The van der Waals surface area contributed by atoms with Crippen molar-refractivity contribution in [1.29, 1.82) is 0 Å². The van der Waals surface area contributed by atoms with E-state index in [1.54, 1.807) is 6.20 Å². The second-order valence-electron chi connectivity index (χ2n) is 4.98. The summed E-state index contributed by atoms with van der Waals surface area (Å²) < 4.78 is 1.84. The van der Waals surface area contributed by atoms with Crippen molar-refractivity contribution in [2.75, 3.05) is 5.73 Å². The van der Waals surface area contributed by atoms with Gasteiger partial charge in [-0.15, -0.1) is 0 Å². The molecule has 3 heterocycles.